The number of carboxylic acids is 1. The number of aryl methyl sites for hydroxylation is 1. The number of rotatable bonds is 8. The second-order valence-electron chi connectivity index (χ2n) is 9.22. The first kappa shape index (κ1) is 23.6. The van der Waals surface area contributed by atoms with Crippen LogP contribution < -0.4 is 4.98 Å². The van der Waals surface area contributed by atoms with Gasteiger partial charge in [-0.2, -0.15) is 0 Å². The molecule has 7 heteroatoms. The molecule has 4 aromatic rings. The number of fused-ring (bicyclic) bond motifs is 1. The Morgan fingerprint density at radius 3 is 2.47 bits per heavy atom. The third-order valence-electron chi connectivity index (χ3n) is 6.68. The molecule has 0 spiro atoms. The number of hydrogen-bond donors (Lipinski definition) is 1. The van der Waals surface area contributed by atoms with Crippen LogP contribution in [-0.2, 0) is 11.2 Å². The summed E-state index contributed by atoms with van der Waals surface area (Å²) in [5.41, 5.74) is 5.60. The lowest BCUT2D eigenvalue weighted by Crippen LogP contribution is -2.48. The summed E-state index contributed by atoms with van der Waals surface area (Å²) in [6.07, 6.45) is 1.85. The number of aromatic nitrogens is 2. The average molecular weight is 485 g/mol. The van der Waals surface area contributed by atoms with Crippen LogP contribution in [0.3, 0.4) is 0 Å². The molecule has 1 aliphatic heterocycles. The van der Waals surface area contributed by atoms with E-state index in [9.17, 15) is 14.0 Å². The van der Waals surface area contributed by atoms with Crippen LogP contribution in [0.15, 0.2) is 72.8 Å². The van der Waals surface area contributed by atoms with E-state index in [0.717, 1.165) is 22.5 Å². The van der Waals surface area contributed by atoms with E-state index in [2.05, 4.69) is 17.1 Å². The Kier molecular flexibility index (Phi) is 6.71. The highest BCUT2D eigenvalue weighted by Crippen LogP contribution is 2.29. The molecule has 0 radical (unpaired) electrons. The van der Waals surface area contributed by atoms with Crippen molar-refractivity contribution in [3.8, 4) is 11.3 Å². The van der Waals surface area contributed by atoms with Gasteiger partial charge >= 0.3 is 5.97 Å². The molecule has 0 atom stereocenters. The quantitative estimate of drug-likeness (QED) is 0.361. The van der Waals surface area contributed by atoms with Crippen LogP contribution in [0.2, 0.25) is 0 Å². The average Bonchev–Trinajstić information content (AvgIpc) is 2.86. The Labute approximate surface area is 208 Å². The van der Waals surface area contributed by atoms with E-state index in [-0.39, 0.29) is 18.1 Å². The Morgan fingerprint density at radius 1 is 1.00 bits per heavy atom. The van der Waals surface area contributed by atoms with Crippen molar-refractivity contribution in [3.05, 3.63) is 95.4 Å². The minimum Gasteiger partial charge on any atom is -0.481 e. The number of nitrogens with one attached hydrogen (secondary N) is 1. The summed E-state index contributed by atoms with van der Waals surface area (Å²) >= 11 is 0. The summed E-state index contributed by atoms with van der Waals surface area (Å²) in [5.74, 6) is -0.802. The maximum atomic E-state index is 13.5. The lowest BCUT2D eigenvalue weighted by atomic mass is 9.91. The van der Waals surface area contributed by atoms with Gasteiger partial charge in [-0.15, -0.1) is 0 Å². The molecule has 1 fully saturated rings. The molecule has 0 unspecified atom stereocenters. The zero-order valence-corrected chi connectivity index (χ0v) is 19.8. The summed E-state index contributed by atoms with van der Waals surface area (Å²) in [6, 6.07) is 21.9. The van der Waals surface area contributed by atoms with Crippen LogP contribution in [0.1, 0.15) is 46.8 Å². The van der Waals surface area contributed by atoms with Gasteiger partial charge in [0, 0.05) is 42.6 Å². The molecular weight excluding hydrogens is 457 g/mol. The number of hydrogen-bond acceptors (Lipinski definition) is 3. The largest absolute Gasteiger partial charge is 0.481 e. The smallest absolute Gasteiger partial charge is 0.303 e. The predicted molar refractivity (Wildman–Crippen MR) is 134 cm³/mol. The van der Waals surface area contributed by atoms with Crippen LogP contribution in [0.5, 0.6) is 0 Å². The number of amides is 1. The fourth-order valence-corrected chi connectivity index (χ4v) is 4.64. The molecule has 2 N–H and O–H groups in total. The number of H-pyrrole nitrogens is 1. The number of likely N-dealkylation sites (tertiary alicyclic amines) is 1. The van der Waals surface area contributed by atoms with Crippen molar-refractivity contribution in [2.45, 2.75) is 31.6 Å². The third-order valence-corrected chi connectivity index (χ3v) is 6.68. The number of carbonyl (C=O) groups is 2. The second kappa shape index (κ2) is 10.2. The van der Waals surface area contributed by atoms with Crippen molar-refractivity contribution in [3.63, 3.8) is 0 Å². The summed E-state index contributed by atoms with van der Waals surface area (Å²) in [4.78, 5) is 34.1. The van der Waals surface area contributed by atoms with Crippen LogP contribution in [0.25, 0.3) is 22.3 Å². The molecule has 1 aromatic heterocycles. The fraction of sp³-hybridized carbons (Fsp3) is 0.241. The number of halogens is 1. The number of aliphatic carboxylic acids is 1. The molecule has 182 valence electrons. The maximum absolute atomic E-state index is 13.5. The van der Waals surface area contributed by atoms with Crippen molar-refractivity contribution in [2.75, 3.05) is 13.1 Å². The Balaban J connectivity index is 1.39. The zero-order valence-electron chi connectivity index (χ0n) is 19.8. The Morgan fingerprint density at radius 2 is 1.75 bits per heavy atom. The van der Waals surface area contributed by atoms with Gasteiger partial charge in [-0.1, -0.05) is 30.3 Å². The minimum absolute atomic E-state index is 0.0171. The number of carbonyl (C=O) groups excluding carboxylic acids is 1. The van der Waals surface area contributed by atoms with E-state index >= 15 is 0 Å². The van der Waals surface area contributed by atoms with Crippen LogP contribution in [-0.4, -0.2) is 40.0 Å². The van der Waals surface area contributed by atoms with Gasteiger partial charge < -0.3 is 10.0 Å². The summed E-state index contributed by atoms with van der Waals surface area (Å²) in [5, 5.41) is 8.95. The van der Waals surface area contributed by atoms with E-state index in [1.165, 1.54) is 17.7 Å². The van der Waals surface area contributed by atoms with Gasteiger partial charge in [0.2, 0.25) is 11.2 Å². The fourth-order valence-electron chi connectivity index (χ4n) is 4.64. The van der Waals surface area contributed by atoms with Crippen molar-refractivity contribution in [2.24, 2.45) is 0 Å². The molecule has 3 aromatic carbocycles. The molecule has 0 aliphatic carbocycles. The SMILES string of the molecule is O=C(O)CCCCc1nc2cc(C(=O)N3CC(c4ccccc4)C3)ccc2[nH+]c1-c1ccc(F)cc1. The molecule has 5 rings (SSSR count). The normalized spacial score (nSPS) is 13.5. The van der Waals surface area contributed by atoms with E-state index < -0.39 is 5.97 Å². The highest BCUT2D eigenvalue weighted by Gasteiger charge is 2.32. The molecule has 1 saturated heterocycles. The van der Waals surface area contributed by atoms with Gasteiger partial charge in [0.1, 0.15) is 17.0 Å². The summed E-state index contributed by atoms with van der Waals surface area (Å²) in [6.45, 7) is 1.39. The highest BCUT2D eigenvalue weighted by molar-refractivity contribution is 5.97. The summed E-state index contributed by atoms with van der Waals surface area (Å²) < 4.78 is 13.5. The lowest BCUT2D eigenvalue weighted by Gasteiger charge is -2.39. The van der Waals surface area contributed by atoms with Crippen LogP contribution in [0.4, 0.5) is 4.39 Å². The van der Waals surface area contributed by atoms with Gasteiger partial charge in [0.05, 0.1) is 0 Å². The molecule has 1 aliphatic rings. The molecule has 0 bridgehead atoms. The molecule has 36 heavy (non-hydrogen) atoms. The van der Waals surface area contributed by atoms with Crippen molar-refractivity contribution >= 4 is 22.9 Å². The monoisotopic (exact) mass is 484 g/mol. The van der Waals surface area contributed by atoms with Crippen molar-refractivity contribution in [1.29, 1.82) is 0 Å². The molecular formula is C29H27FN3O3+. The maximum Gasteiger partial charge on any atom is 0.303 e. The van der Waals surface area contributed by atoms with E-state index in [1.807, 2.05) is 29.2 Å². The predicted octanol–water partition coefficient (Wildman–Crippen LogP) is 4.89. The summed E-state index contributed by atoms with van der Waals surface area (Å²) in [7, 11) is 0. The van der Waals surface area contributed by atoms with Gasteiger partial charge in [0.15, 0.2) is 0 Å². The molecule has 6 nitrogen and oxygen atoms in total. The number of aromatic amines is 1. The van der Waals surface area contributed by atoms with Gasteiger partial charge in [-0.25, -0.2) is 14.4 Å². The van der Waals surface area contributed by atoms with Gasteiger partial charge in [0.25, 0.3) is 5.91 Å². The van der Waals surface area contributed by atoms with Gasteiger partial charge in [-0.05, 0) is 61.2 Å². The Bertz CT molecular complexity index is 1400. The number of carboxylic acid groups (broad SMARTS) is 1. The standard InChI is InChI=1S/C29H26FN3O3/c30-23-13-10-20(11-14-23)28-25(8-4-5-9-27(34)35)31-26-16-21(12-15-24(26)32-28)29(36)33-17-22(18-33)19-6-2-1-3-7-19/h1-3,6-7,10-16,22H,4-5,8-9,17-18H2,(H,34,35)/p+1. The number of nitrogens with zero attached hydrogens (tertiary/aromatic N) is 2. The van der Waals surface area contributed by atoms with Crippen LogP contribution in [0, 0.1) is 5.82 Å². The Hall–Kier alpha value is -4.13. The second-order valence-corrected chi connectivity index (χ2v) is 9.22. The first-order chi connectivity index (χ1) is 17.5. The van der Waals surface area contributed by atoms with E-state index in [1.54, 1.807) is 24.3 Å². The topological polar surface area (TPSA) is 84.6 Å². The van der Waals surface area contributed by atoms with E-state index in [0.29, 0.717) is 49.4 Å². The number of benzene rings is 3. The van der Waals surface area contributed by atoms with E-state index in [4.69, 9.17) is 10.1 Å². The third kappa shape index (κ3) is 5.10. The minimum atomic E-state index is -0.824. The van der Waals surface area contributed by atoms with Crippen molar-refractivity contribution < 1.29 is 24.1 Å². The first-order valence-corrected chi connectivity index (χ1v) is 12.2. The van der Waals surface area contributed by atoms with Crippen LogP contribution >= 0.6 is 0 Å². The molecule has 1 amide bonds. The zero-order chi connectivity index (χ0) is 25.1. The number of unbranched alkanes of at least 4 members (excludes halogenated alkanes) is 1. The van der Waals surface area contributed by atoms with Crippen molar-refractivity contribution in [1.82, 2.24) is 9.88 Å². The first-order valence-electron chi connectivity index (χ1n) is 12.2. The highest BCUT2D eigenvalue weighted by atomic mass is 19.1. The molecule has 0 saturated carbocycles. The van der Waals surface area contributed by atoms with Gasteiger partial charge in [-0.3, -0.25) is 9.59 Å². The molecule has 2 heterocycles. The lowest BCUT2D eigenvalue weighted by molar-refractivity contribution is -0.332.